The first-order valence-electron chi connectivity index (χ1n) is 4.76. The van der Waals surface area contributed by atoms with E-state index < -0.39 is 0 Å². The van der Waals surface area contributed by atoms with E-state index >= 15 is 0 Å². The van der Waals surface area contributed by atoms with Crippen molar-refractivity contribution in [2.45, 2.75) is 13.0 Å². The minimum Gasteiger partial charge on any atom is -0.508 e. The average Bonchev–Trinajstić information content (AvgIpc) is 2.23. The van der Waals surface area contributed by atoms with Crippen LogP contribution in [0.5, 0.6) is 5.75 Å². The van der Waals surface area contributed by atoms with Crippen LogP contribution in [-0.2, 0) is 16.1 Å². The molecule has 0 saturated heterocycles. The molecule has 0 saturated carbocycles. The van der Waals surface area contributed by atoms with Gasteiger partial charge in [0.05, 0.1) is 6.61 Å². The van der Waals surface area contributed by atoms with Gasteiger partial charge in [-0.05, 0) is 17.7 Å². The van der Waals surface area contributed by atoms with Crippen LogP contribution in [0.4, 0.5) is 0 Å². The van der Waals surface area contributed by atoms with Gasteiger partial charge in [0.1, 0.15) is 5.75 Å². The van der Waals surface area contributed by atoms with Crippen LogP contribution in [0.15, 0.2) is 24.3 Å². The van der Waals surface area contributed by atoms with Crippen molar-refractivity contribution in [3.05, 3.63) is 29.8 Å². The summed E-state index contributed by atoms with van der Waals surface area (Å²) in [5.41, 5.74) is 0.876. The van der Waals surface area contributed by atoms with Gasteiger partial charge < -0.3 is 15.2 Å². The molecule has 4 heteroatoms. The minimum atomic E-state index is -0.0554. The number of nitrogens with one attached hydrogen (secondary N) is 1. The second-order valence-corrected chi connectivity index (χ2v) is 3.19. The number of carbonyl (C=O) groups excluding carboxylic acids is 1. The summed E-state index contributed by atoms with van der Waals surface area (Å²) in [6.45, 7) is 0.850. The molecule has 0 spiro atoms. The van der Waals surface area contributed by atoms with E-state index in [4.69, 9.17) is 4.74 Å². The Morgan fingerprint density at radius 1 is 1.53 bits per heavy atom. The fourth-order valence-electron chi connectivity index (χ4n) is 1.15. The molecule has 82 valence electrons. The van der Waals surface area contributed by atoms with Crippen LogP contribution in [-0.4, -0.2) is 24.7 Å². The van der Waals surface area contributed by atoms with Crippen molar-refractivity contribution in [3.63, 3.8) is 0 Å². The molecule has 1 aromatic rings. The maximum atomic E-state index is 11.2. The Balaban J connectivity index is 2.33. The van der Waals surface area contributed by atoms with Gasteiger partial charge in [0.15, 0.2) is 0 Å². The number of carbonyl (C=O) groups is 1. The van der Waals surface area contributed by atoms with Gasteiger partial charge >= 0.3 is 0 Å². The fourth-order valence-corrected chi connectivity index (χ4v) is 1.15. The second-order valence-electron chi connectivity index (χ2n) is 3.19. The molecule has 0 bridgehead atoms. The molecule has 1 rings (SSSR count). The van der Waals surface area contributed by atoms with Crippen LogP contribution < -0.4 is 5.32 Å². The van der Waals surface area contributed by atoms with Crippen LogP contribution in [0.1, 0.15) is 12.0 Å². The van der Waals surface area contributed by atoms with Gasteiger partial charge in [-0.2, -0.15) is 0 Å². The Morgan fingerprint density at radius 3 is 3.00 bits per heavy atom. The van der Waals surface area contributed by atoms with E-state index in [2.05, 4.69) is 5.32 Å². The number of aromatic hydroxyl groups is 1. The highest BCUT2D eigenvalue weighted by atomic mass is 16.5. The summed E-state index contributed by atoms with van der Waals surface area (Å²) >= 11 is 0. The Hall–Kier alpha value is -1.55. The lowest BCUT2D eigenvalue weighted by atomic mass is 10.2. The van der Waals surface area contributed by atoms with Crippen molar-refractivity contribution in [1.29, 1.82) is 0 Å². The zero-order valence-corrected chi connectivity index (χ0v) is 8.69. The maximum absolute atomic E-state index is 11.2. The van der Waals surface area contributed by atoms with Gasteiger partial charge in [-0.25, -0.2) is 0 Å². The van der Waals surface area contributed by atoms with Gasteiger partial charge in [0.2, 0.25) is 5.91 Å². The number of hydrogen-bond donors (Lipinski definition) is 2. The van der Waals surface area contributed by atoms with Gasteiger partial charge in [-0.15, -0.1) is 0 Å². The summed E-state index contributed by atoms with van der Waals surface area (Å²) in [6.07, 6.45) is 0.356. The topological polar surface area (TPSA) is 58.6 Å². The van der Waals surface area contributed by atoms with Gasteiger partial charge in [-0.1, -0.05) is 12.1 Å². The third-order valence-corrected chi connectivity index (χ3v) is 1.93. The molecule has 1 aromatic carbocycles. The van der Waals surface area contributed by atoms with E-state index in [1.165, 1.54) is 0 Å². The highest BCUT2D eigenvalue weighted by molar-refractivity contribution is 5.75. The molecule has 0 atom stereocenters. The fraction of sp³-hybridized carbons (Fsp3) is 0.364. The number of ether oxygens (including phenoxy) is 1. The monoisotopic (exact) mass is 209 g/mol. The summed E-state index contributed by atoms with van der Waals surface area (Å²) in [5.74, 6) is 0.152. The smallest absolute Gasteiger partial charge is 0.222 e. The van der Waals surface area contributed by atoms with Crippen LogP contribution in [0.2, 0.25) is 0 Å². The third-order valence-electron chi connectivity index (χ3n) is 1.93. The molecule has 15 heavy (non-hydrogen) atoms. The van der Waals surface area contributed by atoms with Crippen LogP contribution in [0, 0.1) is 0 Å². The maximum Gasteiger partial charge on any atom is 0.222 e. The number of phenols is 1. The largest absolute Gasteiger partial charge is 0.508 e. The summed E-state index contributed by atoms with van der Waals surface area (Å²) < 4.78 is 4.78. The number of methoxy groups -OCH3 is 1. The Labute approximate surface area is 88.9 Å². The van der Waals surface area contributed by atoms with E-state index in [1.807, 2.05) is 6.07 Å². The molecule has 0 heterocycles. The first kappa shape index (κ1) is 11.5. The number of amides is 1. The zero-order valence-electron chi connectivity index (χ0n) is 8.69. The van der Waals surface area contributed by atoms with Crippen LogP contribution in [0.25, 0.3) is 0 Å². The van der Waals surface area contributed by atoms with Gasteiger partial charge in [0.25, 0.3) is 0 Å². The summed E-state index contributed by atoms with van der Waals surface area (Å²) in [4.78, 5) is 11.2. The molecule has 0 aliphatic carbocycles. The van der Waals surface area contributed by atoms with Crippen molar-refractivity contribution in [2.24, 2.45) is 0 Å². The van der Waals surface area contributed by atoms with E-state index in [-0.39, 0.29) is 11.7 Å². The molecule has 0 unspecified atom stereocenters. The highest BCUT2D eigenvalue weighted by Gasteiger charge is 2.00. The second kappa shape index (κ2) is 6.03. The molecule has 0 aliphatic heterocycles. The molecule has 2 N–H and O–H groups in total. The minimum absolute atomic E-state index is 0.0554. The van der Waals surface area contributed by atoms with Crippen molar-refractivity contribution < 1.29 is 14.6 Å². The van der Waals surface area contributed by atoms with E-state index in [0.29, 0.717) is 19.6 Å². The summed E-state index contributed by atoms with van der Waals surface area (Å²) in [6, 6.07) is 6.80. The Morgan fingerprint density at radius 2 is 2.33 bits per heavy atom. The average molecular weight is 209 g/mol. The molecule has 0 aromatic heterocycles. The molecule has 1 amide bonds. The van der Waals surface area contributed by atoms with Crippen molar-refractivity contribution in [2.75, 3.05) is 13.7 Å². The molecule has 0 radical (unpaired) electrons. The quantitative estimate of drug-likeness (QED) is 0.762. The summed E-state index contributed by atoms with van der Waals surface area (Å²) in [5, 5.41) is 11.9. The van der Waals surface area contributed by atoms with E-state index in [0.717, 1.165) is 5.56 Å². The van der Waals surface area contributed by atoms with Crippen molar-refractivity contribution in [3.8, 4) is 5.75 Å². The molecule has 0 fully saturated rings. The Kier molecular flexibility index (Phi) is 4.63. The number of hydrogen-bond acceptors (Lipinski definition) is 3. The number of rotatable bonds is 5. The van der Waals surface area contributed by atoms with E-state index in [1.54, 1.807) is 25.3 Å². The predicted octanol–water partition coefficient (Wildman–Crippen LogP) is 1.04. The SMILES string of the molecule is COCCC(=O)NCc1cccc(O)c1. The zero-order chi connectivity index (χ0) is 11.1. The summed E-state index contributed by atoms with van der Waals surface area (Å²) in [7, 11) is 1.56. The van der Waals surface area contributed by atoms with Crippen LogP contribution >= 0.6 is 0 Å². The predicted molar refractivity (Wildman–Crippen MR) is 56.4 cm³/mol. The van der Waals surface area contributed by atoms with Gasteiger partial charge in [-0.3, -0.25) is 4.79 Å². The first-order chi connectivity index (χ1) is 7.22. The first-order valence-corrected chi connectivity index (χ1v) is 4.76. The highest BCUT2D eigenvalue weighted by Crippen LogP contribution is 2.10. The lowest BCUT2D eigenvalue weighted by Gasteiger charge is -2.05. The molecular weight excluding hydrogens is 194 g/mol. The molecule has 4 nitrogen and oxygen atoms in total. The third kappa shape index (κ3) is 4.46. The van der Waals surface area contributed by atoms with Crippen molar-refractivity contribution in [1.82, 2.24) is 5.32 Å². The number of benzene rings is 1. The van der Waals surface area contributed by atoms with Crippen molar-refractivity contribution >= 4 is 5.91 Å². The van der Waals surface area contributed by atoms with E-state index in [9.17, 15) is 9.90 Å². The number of phenolic OH excluding ortho intramolecular Hbond substituents is 1. The van der Waals surface area contributed by atoms with Gasteiger partial charge in [0, 0.05) is 20.1 Å². The van der Waals surface area contributed by atoms with Crippen LogP contribution in [0.3, 0.4) is 0 Å². The Bertz CT molecular complexity index is 325. The molecule has 0 aliphatic rings. The lowest BCUT2D eigenvalue weighted by molar-refractivity contribution is -0.122. The normalized spacial score (nSPS) is 9.93. The standard InChI is InChI=1S/C11H15NO3/c1-15-6-5-11(14)12-8-9-3-2-4-10(13)7-9/h2-4,7,13H,5-6,8H2,1H3,(H,12,14). The molecular formula is C11H15NO3. The lowest BCUT2D eigenvalue weighted by Crippen LogP contribution is -2.23.